The summed E-state index contributed by atoms with van der Waals surface area (Å²) in [6, 6.07) is 3.44. The molecule has 0 aliphatic carbocycles. The number of rotatable bonds is 7. The van der Waals surface area contributed by atoms with Crippen LogP contribution in [0.4, 0.5) is 0 Å². The lowest BCUT2D eigenvalue weighted by Crippen LogP contribution is -2.55. The first-order valence-corrected chi connectivity index (χ1v) is 7.57. The van der Waals surface area contributed by atoms with Crippen molar-refractivity contribution >= 4 is 29.1 Å². The first kappa shape index (κ1) is 17.2. The van der Waals surface area contributed by atoms with Crippen molar-refractivity contribution in [1.82, 2.24) is 10.2 Å². The highest BCUT2D eigenvalue weighted by atomic mass is 32.1. The molecular formula is C14H20N2O4S. The minimum absolute atomic E-state index is 0.175. The third kappa shape index (κ3) is 4.04. The van der Waals surface area contributed by atoms with Crippen LogP contribution >= 0.6 is 11.3 Å². The van der Waals surface area contributed by atoms with Gasteiger partial charge in [0.25, 0.3) is 5.91 Å². The van der Waals surface area contributed by atoms with Gasteiger partial charge in [-0.15, -0.1) is 11.3 Å². The van der Waals surface area contributed by atoms with Crippen LogP contribution in [0.1, 0.15) is 36.4 Å². The van der Waals surface area contributed by atoms with E-state index in [9.17, 15) is 19.5 Å². The van der Waals surface area contributed by atoms with Crippen molar-refractivity contribution in [2.45, 2.75) is 32.2 Å². The lowest BCUT2D eigenvalue weighted by atomic mass is 9.93. The molecule has 0 atom stereocenters. The molecule has 1 rings (SSSR count). The second kappa shape index (κ2) is 7.21. The Kier molecular flexibility index (Phi) is 5.90. The summed E-state index contributed by atoms with van der Waals surface area (Å²) in [5.74, 6) is -1.80. The summed E-state index contributed by atoms with van der Waals surface area (Å²) in [5.41, 5.74) is -1.27. The molecule has 1 aromatic heterocycles. The fourth-order valence-electron chi connectivity index (χ4n) is 1.96. The molecule has 0 saturated carbocycles. The maximum atomic E-state index is 12.0. The summed E-state index contributed by atoms with van der Waals surface area (Å²) in [6.07, 6.45) is 0.570. The quantitative estimate of drug-likeness (QED) is 0.800. The third-order valence-electron chi connectivity index (χ3n) is 3.45. The van der Waals surface area contributed by atoms with Crippen molar-refractivity contribution in [3.63, 3.8) is 0 Å². The molecule has 0 aliphatic heterocycles. The second-order valence-electron chi connectivity index (χ2n) is 4.78. The molecule has 21 heavy (non-hydrogen) atoms. The molecule has 116 valence electrons. The van der Waals surface area contributed by atoms with Crippen LogP contribution < -0.4 is 5.32 Å². The maximum absolute atomic E-state index is 12.0. The van der Waals surface area contributed by atoms with Crippen LogP contribution in [0.5, 0.6) is 0 Å². The summed E-state index contributed by atoms with van der Waals surface area (Å²) in [7, 11) is 1.52. The minimum atomic E-state index is -1.27. The van der Waals surface area contributed by atoms with Crippen molar-refractivity contribution in [3.8, 4) is 0 Å². The molecular weight excluding hydrogens is 292 g/mol. The predicted molar refractivity (Wildman–Crippen MR) is 80.4 cm³/mol. The maximum Gasteiger partial charge on any atom is 0.329 e. The van der Waals surface area contributed by atoms with Gasteiger partial charge in [0.1, 0.15) is 5.54 Å². The van der Waals surface area contributed by atoms with Gasteiger partial charge in [0.15, 0.2) is 0 Å². The normalized spacial score (nSPS) is 11.0. The van der Waals surface area contributed by atoms with Crippen LogP contribution in [0.2, 0.25) is 0 Å². The number of aliphatic carboxylic acids is 1. The average molecular weight is 312 g/mol. The van der Waals surface area contributed by atoms with Crippen molar-refractivity contribution < 1.29 is 19.5 Å². The molecule has 6 nitrogen and oxygen atoms in total. The second-order valence-corrected chi connectivity index (χ2v) is 5.73. The Morgan fingerprint density at radius 3 is 2.38 bits per heavy atom. The lowest BCUT2D eigenvalue weighted by molar-refractivity contribution is -0.148. The van der Waals surface area contributed by atoms with E-state index in [-0.39, 0.29) is 25.3 Å². The third-order valence-corrected chi connectivity index (χ3v) is 4.31. The largest absolute Gasteiger partial charge is 0.480 e. The van der Waals surface area contributed by atoms with Gasteiger partial charge in [-0.3, -0.25) is 9.59 Å². The SMILES string of the molecule is CCC(CC)(NC(=O)CN(C)C(=O)c1cccs1)C(=O)O. The zero-order chi connectivity index (χ0) is 16.0. The van der Waals surface area contributed by atoms with E-state index in [0.717, 1.165) is 0 Å². The predicted octanol–water partition coefficient (Wildman–Crippen LogP) is 1.58. The topological polar surface area (TPSA) is 86.7 Å². The summed E-state index contributed by atoms with van der Waals surface area (Å²) in [4.78, 5) is 37.2. The van der Waals surface area contributed by atoms with E-state index in [1.807, 2.05) is 0 Å². The minimum Gasteiger partial charge on any atom is -0.480 e. The number of likely N-dealkylation sites (N-methyl/N-ethyl adjacent to an activating group) is 1. The molecule has 0 aliphatic rings. The van der Waals surface area contributed by atoms with Crippen LogP contribution in [-0.4, -0.2) is 46.9 Å². The van der Waals surface area contributed by atoms with Gasteiger partial charge in [0.05, 0.1) is 11.4 Å². The molecule has 2 N–H and O–H groups in total. The van der Waals surface area contributed by atoms with Gasteiger partial charge in [-0.2, -0.15) is 0 Å². The standard InChI is InChI=1S/C14H20N2O4S/c1-4-14(5-2,13(19)20)15-11(17)9-16(3)12(18)10-7-6-8-21-10/h6-8H,4-5,9H2,1-3H3,(H,15,17)(H,19,20). The van der Waals surface area contributed by atoms with Crippen LogP contribution in [0.25, 0.3) is 0 Å². The Balaban J connectivity index is 2.68. The highest BCUT2D eigenvalue weighted by Crippen LogP contribution is 2.16. The smallest absolute Gasteiger partial charge is 0.329 e. The van der Waals surface area contributed by atoms with E-state index >= 15 is 0 Å². The molecule has 0 spiro atoms. The number of nitrogens with one attached hydrogen (secondary N) is 1. The van der Waals surface area contributed by atoms with Gasteiger partial charge in [-0.05, 0) is 24.3 Å². The zero-order valence-electron chi connectivity index (χ0n) is 12.4. The van der Waals surface area contributed by atoms with Gasteiger partial charge in [-0.25, -0.2) is 4.79 Å². The van der Waals surface area contributed by atoms with Crippen molar-refractivity contribution in [2.24, 2.45) is 0 Å². The number of carbonyl (C=O) groups is 3. The number of nitrogens with zero attached hydrogens (tertiary/aromatic N) is 1. The van der Waals surface area contributed by atoms with Crippen molar-refractivity contribution in [3.05, 3.63) is 22.4 Å². The highest BCUT2D eigenvalue weighted by molar-refractivity contribution is 7.12. The molecule has 2 amide bonds. The number of carboxylic acid groups (broad SMARTS) is 1. The fraction of sp³-hybridized carbons (Fsp3) is 0.500. The van der Waals surface area contributed by atoms with Gasteiger partial charge in [0.2, 0.25) is 5.91 Å². The number of hydrogen-bond acceptors (Lipinski definition) is 4. The molecule has 0 unspecified atom stereocenters. The van der Waals surface area contributed by atoms with Crippen LogP contribution in [0.3, 0.4) is 0 Å². The summed E-state index contributed by atoms with van der Waals surface area (Å²) in [5, 5.41) is 13.6. The number of carboxylic acids is 1. The van der Waals surface area contributed by atoms with Crippen molar-refractivity contribution in [1.29, 1.82) is 0 Å². The Morgan fingerprint density at radius 2 is 1.95 bits per heavy atom. The van der Waals surface area contributed by atoms with Crippen molar-refractivity contribution in [2.75, 3.05) is 13.6 Å². The Morgan fingerprint density at radius 1 is 1.33 bits per heavy atom. The summed E-state index contributed by atoms with van der Waals surface area (Å²) < 4.78 is 0. The molecule has 0 radical (unpaired) electrons. The number of carbonyl (C=O) groups excluding carboxylic acids is 2. The Bertz CT molecular complexity index is 509. The van der Waals surface area contributed by atoms with E-state index in [2.05, 4.69) is 5.32 Å². The van der Waals surface area contributed by atoms with E-state index in [1.54, 1.807) is 31.4 Å². The molecule has 1 heterocycles. The van der Waals surface area contributed by atoms with E-state index < -0.39 is 17.4 Å². The number of amides is 2. The van der Waals surface area contributed by atoms with Crippen LogP contribution in [0, 0.1) is 0 Å². The van der Waals surface area contributed by atoms with Gasteiger partial charge < -0.3 is 15.3 Å². The number of thiophene rings is 1. The zero-order valence-corrected chi connectivity index (χ0v) is 13.2. The molecule has 0 bridgehead atoms. The number of hydrogen-bond donors (Lipinski definition) is 2. The Labute approximate surface area is 127 Å². The van der Waals surface area contributed by atoms with Gasteiger partial charge in [0, 0.05) is 7.05 Å². The first-order chi connectivity index (χ1) is 9.86. The fourth-order valence-corrected chi connectivity index (χ4v) is 2.68. The van der Waals surface area contributed by atoms with Crippen LogP contribution in [0.15, 0.2) is 17.5 Å². The highest BCUT2D eigenvalue weighted by Gasteiger charge is 2.36. The van der Waals surface area contributed by atoms with E-state index in [0.29, 0.717) is 4.88 Å². The molecule has 7 heteroatoms. The monoisotopic (exact) mass is 312 g/mol. The van der Waals surface area contributed by atoms with E-state index in [4.69, 9.17) is 0 Å². The molecule has 1 aromatic rings. The summed E-state index contributed by atoms with van der Waals surface area (Å²) in [6.45, 7) is 3.24. The van der Waals surface area contributed by atoms with Gasteiger partial charge >= 0.3 is 5.97 Å². The molecule has 0 fully saturated rings. The average Bonchev–Trinajstić information content (AvgIpc) is 2.97. The summed E-state index contributed by atoms with van der Waals surface area (Å²) >= 11 is 1.30. The molecule has 0 aromatic carbocycles. The van der Waals surface area contributed by atoms with Gasteiger partial charge in [-0.1, -0.05) is 19.9 Å². The Hall–Kier alpha value is -1.89. The lowest BCUT2D eigenvalue weighted by Gasteiger charge is -2.29. The first-order valence-electron chi connectivity index (χ1n) is 6.69. The van der Waals surface area contributed by atoms with E-state index in [1.165, 1.54) is 23.3 Å². The molecule has 0 saturated heterocycles. The van der Waals surface area contributed by atoms with Crippen LogP contribution in [-0.2, 0) is 9.59 Å².